The van der Waals surface area contributed by atoms with Gasteiger partial charge in [0.05, 0.1) is 18.3 Å². The first-order valence-corrected chi connectivity index (χ1v) is 7.46. The molecule has 3 nitrogen and oxygen atoms in total. The van der Waals surface area contributed by atoms with Crippen molar-refractivity contribution in [2.45, 2.75) is 77.5 Å². The first-order valence-electron chi connectivity index (χ1n) is 7.46. The minimum Gasteiger partial charge on any atom is -0.389 e. The van der Waals surface area contributed by atoms with Crippen LogP contribution in [0.2, 0.25) is 0 Å². The number of hydrogen-bond donors (Lipinski definition) is 2. The van der Waals surface area contributed by atoms with Crippen LogP contribution in [-0.2, 0) is 4.74 Å². The minimum atomic E-state index is -0.397. The standard InChI is InChI=1S/C15H31NO2/c1-5-12-7-6-8-13(9-12)16-10-14(17)11-18-15(2,3)4/h12-14,16-17H,5-11H2,1-4H3. The summed E-state index contributed by atoms with van der Waals surface area (Å²) in [7, 11) is 0. The largest absolute Gasteiger partial charge is 0.389 e. The normalized spacial score (nSPS) is 27.2. The molecule has 2 N–H and O–H groups in total. The van der Waals surface area contributed by atoms with Crippen LogP contribution in [0.15, 0.2) is 0 Å². The fourth-order valence-corrected chi connectivity index (χ4v) is 2.56. The SMILES string of the molecule is CCC1CCCC(NCC(O)COC(C)(C)C)C1. The summed E-state index contributed by atoms with van der Waals surface area (Å²) in [6, 6.07) is 0.591. The van der Waals surface area contributed by atoms with Gasteiger partial charge >= 0.3 is 0 Å². The average Bonchev–Trinajstić information content (AvgIpc) is 2.33. The summed E-state index contributed by atoms with van der Waals surface area (Å²) in [6.07, 6.45) is 6.11. The minimum absolute atomic E-state index is 0.168. The molecule has 0 radical (unpaired) electrons. The van der Waals surface area contributed by atoms with Gasteiger partial charge in [-0.2, -0.15) is 0 Å². The molecule has 0 spiro atoms. The van der Waals surface area contributed by atoms with Crippen molar-refractivity contribution in [3.05, 3.63) is 0 Å². The Morgan fingerprint density at radius 1 is 1.33 bits per heavy atom. The zero-order valence-corrected chi connectivity index (χ0v) is 12.5. The summed E-state index contributed by atoms with van der Waals surface area (Å²) in [6.45, 7) is 9.39. The second kappa shape index (κ2) is 7.46. The van der Waals surface area contributed by atoms with E-state index in [1.807, 2.05) is 20.8 Å². The molecule has 1 saturated carbocycles. The van der Waals surface area contributed by atoms with Gasteiger partial charge in [0.1, 0.15) is 0 Å². The van der Waals surface area contributed by atoms with Crippen LogP contribution in [0, 0.1) is 5.92 Å². The molecule has 1 aliphatic carbocycles. The molecule has 0 aliphatic heterocycles. The molecule has 3 unspecified atom stereocenters. The zero-order valence-electron chi connectivity index (χ0n) is 12.5. The number of nitrogens with one attached hydrogen (secondary N) is 1. The Hall–Kier alpha value is -0.120. The highest BCUT2D eigenvalue weighted by Crippen LogP contribution is 2.26. The predicted molar refractivity (Wildman–Crippen MR) is 75.8 cm³/mol. The molecule has 108 valence electrons. The summed E-state index contributed by atoms with van der Waals surface area (Å²) >= 11 is 0. The van der Waals surface area contributed by atoms with E-state index in [-0.39, 0.29) is 5.60 Å². The van der Waals surface area contributed by atoms with Crippen molar-refractivity contribution in [2.75, 3.05) is 13.2 Å². The average molecular weight is 257 g/mol. The van der Waals surface area contributed by atoms with Crippen LogP contribution in [0.1, 0.15) is 59.8 Å². The molecule has 0 aromatic rings. The van der Waals surface area contributed by atoms with Gasteiger partial charge in [0, 0.05) is 12.6 Å². The van der Waals surface area contributed by atoms with Gasteiger partial charge in [-0.15, -0.1) is 0 Å². The van der Waals surface area contributed by atoms with Crippen molar-refractivity contribution >= 4 is 0 Å². The number of aliphatic hydroxyl groups is 1. The monoisotopic (exact) mass is 257 g/mol. The predicted octanol–water partition coefficient (Wildman–Crippen LogP) is 2.72. The summed E-state index contributed by atoms with van der Waals surface area (Å²) in [5, 5.41) is 13.4. The van der Waals surface area contributed by atoms with E-state index in [1.54, 1.807) is 0 Å². The van der Waals surface area contributed by atoms with Crippen LogP contribution in [0.3, 0.4) is 0 Å². The molecule has 0 bridgehead atoms. The lowest BCUT2D eigenvalue weighted by molar-refractivity contribution is -0.0486. The lowest BCUT2D eigenvalue weighted by Gasteiger charge is -2.30. The van der Waals surface area contributed by atoms with Crippen molar-refractivity contribution in [3.63, 3.8) is 0 Å². The third-order valence-electron chi connectivity index (χ3n) is 3.71. The highest BCUT2D eigenvalue weighted by Gasteiger charge is 2.21. The van der Waals surface area contributed by atoms with E-state index >= 15 is 0 Å². The Bertz CT molecular complexity index is 225. The van der Waals surface area contributed by atoms with Crippen molar-refractivity contribution in [2.24, 2.45) is 5.92 Å². The smallest absolute Gasteiger partial charge is 0.0898 e. The Morgan fingerprint density at radius 2 is 2.06 bits per heavy atom. The Labute approximate surface area is 112 Å². The number of rotatable bonds is 6. The van der Waals surface area contributed by atoms with Crippen molar-refractivity contribution in [1.82, 2.24) is 5.32 Å². The van der Waals surface area contributed by atoms with E-state index in [1.165, 1.54) is 32.1 Å². The molecular formula is C15H31NO2. The van der Waals surface area contributed by atoms with E-state index in [9.17, 15) is 5.11 Å². The van der Waals surface area contributed by atoms with Crippen LogP contribution >= 0.6 is 0 Å². The fourth-order valence-electron chi connectivity index (χ4n) is 2.56. The van der Waals surface area contributed by atoms with Crippen LogP contribution in [0.5, 0.6) is 0 Å². The van der Waals surface area contributed by atoms with Gasteiger partial charge in [-0.05, 0) is 39.5 Å². The molecule has 0 aromatic heterocycles. The molecule has 3 atom stereocenters. The van der Waals surface area contributed by atoms with Gasteiger partial charge in [0.25, 0.3) is 0 Å². The summed E-state index contributed by atoms with van der Waals surface area (Å²) < 4.78 is 5.58. The summed E-state index contributed by atoms with van der Waals surface area (Å²) in [4.78, 5) is 0. The Morgan fingerprint density at radius 3 is 2.67 bits per heavy atom. The molecule has 18 heavy (non-hydrogen) atoms. The third kappa shape index (κ3) is 6.72. The first kappa shape index (κ1) is 15.9. The molecule has 0 aromatic carbocycles. The molecule has 3 heteroatoms. The molecule has 1 fully saturated rings. The summed E-state index contributed by atoms with van der Waals surface area (Å²) in [5.74, 6) is 0.874. The number of hydrogen-bond acceptors (Lipinski definition) is 3. The van der Waals surface area contributed by atoms with E-state index in [0.29, 0.717) is 19.2 Å². The Kier molecular flexibility index (Phi) is 6.61. The number of ether oxygens (including phenoxy) is 1. The number of aliphatic hydroxyl groups excluding tert-OH is 1. The Balaban J connectivity index is 2.15. The van der Waals surface area contributed by atoms with Gasteiger partial charge in [0.2, 0.25) is 0 Å². The van der Waals surface area contributed by atoms with Gasteiger partial charge in [-0.3, -0.25) is 0 Å². The zero-order chi connectivity index (χ0) is 13.6. The maximum absolute atomic E-state index is 9.88. The van der Waals surface area contributed by atoms with Gasteiger partial charge in [0.15, 0.2) is 0 Å². The van der Waals surface area contributed by atoms with E-state index in [2.05, 4.69) is 12.2 Å². The van der Waals surface area contributed by atoms with Crippen molar-refractivity contribution < 1.29 is 9.84 Å². The quantitative estimate of drug-likeness (QED) is 0.769. The van der Waals surface area contributed by atoms with Crippen molar-refractivity contribution in [1.29, 1.82) is 0 Å². The fraction of sp³-hybridized carbons (Fsp3) is 1.00. The molecule has 1 rings (SSSR count). The maximum Gasteiger partial charge on any atom is 0.0898 e. The van der Waals surface area contributed by atoms with Crippen LogP contribution in [0.4, 0.5) is 0 Å². The lowest BCUT2D eigenvalue weighted by atomic mass is 9.84. The highest BCUT2D eigenvalue weighted by molar-refractivity contribution is 4.78. The second-order valence-corrected chi connectivity index (χ2v) is 6.62. The van der Waals surface area contributed by atoms with E-state index in [0.717, 1.165) is 5.92 Å². The third-order valence-corrected chi connectivity index (χ3v) is 3.71. The lowest BCUT2D eigenvalue weighted by Crippen LogP contribution is -2.41. The van der Waals surface area contributed by atoms with Crippen LogP contribution in [-0.4, -0.2) is 36.0 Å². The highest BCUT2D eigenvalue weighted by atomic mass is 16.5. The molecule has 1 aliphatic rings. The second-order valence-electron chi connectivity index (χ2n) is 6.62. The molecule has 0 saturated heterocycles. The van der Waals surface area contributed by atoms with Crippen LogP contribution < -0.4 is 5.32 Å². The van der Waals surface area contributed by atoms with Gasteiger partial charge in [-0.1, -0.05) is 26.2 Å². The summed E-state index contributed by atoms with van der Waals surface area (Å²) in [5.41, 5.74) is -0.168. The maximum atomic E-state index is 9.88. The van der Waals surface area contributed by atoms with Gasteiger partial charge < -0.3 is 15.2 Å². The molecular weight excluding hydrogens is 226 g/mol. The van der Waals surface area contributed by atoms with E-state index < -0.39 is 6.10 Å². The van der Waals surface area contributed by atoms with E-state index in [4.69, 9.17) is 4.74 Å². The first-order chi connectivity index (χ1) is 8.40. The van der Waals surface area contributed by atoms with Crippen molar-refractivity contribution in [3.8, 4) is 0 Å². The molecule has 0 amide bonds. The molecule has 0 heterocycles. The van der Waals surface area contributed by atoms with Crippen LogP contribution in [0.25, 0.3) is 0 Å². The van der Waals surface area contributed by atoms with Gasteiger partial charge in [-0.25, -0.2) is 0 Å². The topological polar surface area (TPSA) is 41.5 Å².